The topological polar surface area (TPSA) is 0 Å². The zero-order chi connectivity index (χ0) is 0. The molecule has 2 radical (unpaired) electrons. The Morgan fingerprint density at radius 3 is 1.20 bits per heavy atom. The average Bonchev–Trinajstić information content (AvgIpc) is 0. The zero-order valence-corrected chi connectivity index (χ0v) is 9.11. The molecule has 0 amide bonds. The van der Waals surface area contributed by atoms with Gasteiger partial charge >= 0.3 is 60.8 Å². The summed E-state index contributed by atoms with van der Waals surface area (Å²) in [5, 5.41) is 0. The summed E-state index contributed by atoms with van der Waals surface area (Å²) >= 11 is 0. The minimum Gasteiger partial charge on any atom is -1.00 e. The van der Waals surface area contributed by atoms with E-state index in [2.05, 4.69) is 0 Å². The Bertz CT molecular complexity index is 20.5. The fourth-order valence-corrected chi connectivity index (χ4v) is 0. The van der Waals surface area contributed by atoms with Gasteiger partial charge in [-0.25, -0.2) is 0 Å². The van der Waals surface area contributed by atoms with Crippen LogP contribution in [-0.4, -0.2) is 60.8 Å². The second-order valence-electron chi connectivity index (χ2n) is 0. The zero-order valence-electron chi connectivity index (χ0n) is 6.40. The first-order valence-electron chi connectivity index (χ1n) is 0. The fourth-order valence-electron chi connectivity index (χ4n) is 0. The van der Waals surface area contributed by atoms with Gasteiger partial charge in [-0.05, 0) is 0 Å². The van der Waals surface area contributed by atoms with Crippen LogP contribution in [0.15, 0.2) is 0 Å². The summed E-state index contributed by atoms with van der Waals surface area (Å²) in [6.07, 6.45) is 0. The van der Waals surface area contributed by atoms with Gasteiger partial charge in [-0.1, -0.05) is 0 Å². The molecule has 0 aliphatic rings. The van der Waals surface area contributed by atoms with E-state index in [1.807, 2.05) is 0 Å². The van der Waals surface area contributed by atoms with Crippen LogP contribution in [-0.2, 0) is 50.9 Å². The quantitative estimate of drug-likeness (QED) is 0.514. The molecule has 0 nitrogen and oxygen atoms in total. The Hall–Kier alpha value is 3.57. The molecule has 5 heavy (non-hydrogen) atoms. The molecule has 0 aliphatic carbocycles. The Balaban J connectivity index is 0. The average molecular weight is 247 g/mol. The van der Waals surface area contributed by atoms with E-state index in [-0.39, 0.29) is 117 Å². The van der Waals surface area contributed by atoms with Gasteiger partial charge in [0.15, 0.2) is 0 Å². The van der Waals surface area contributed by atoms with Crippen LogP contribution in [0.4, 0.5) is 0 Å². The molecular formula is H4CaCoCuFeMg. The summed E-state index contributed by atoms with van der Waals surface area (Å²) in [5.74, 6) is 0. The van der Waals surface area contributed by atoms with Crippen molar-refractivity contribution in [3.63, 3.8) is 0 Å². The van der Waals surface area contributed by atoms with Crippen LogP contribution in [0.2, 0.25) is 0 Å². The molecule has 0 fully saturated rings. The van der Waals surface area contributed by atoms with Crippen molar-refractivity contribution in [2.45, 2.75) is 0 Å². The summed E-state index contributed by atoms with van der Waals surface area (Å²) < 4.78 is 0. The van der Waals surface area contributed by atoms with E-state index in [4.69, 9.17) is 0 Å². The summed E-state index contributed by atoms with van der Waals surface area (Å²) in [6, 6.07) is 0. The molecule has 5 heteroatoms. The van der Waals surface area contributed by atoms with Gasteiger partial charge in [-0.15, -0.1) is 0 Å². The van der Waals surface area contributed by atoms with Crippen molar-refractivity contribution >= 4 is 60.8 Å². The monoisotopic (exact) mass is 246 g/mol. The largest absolute Gasteiger partial charge is 2.00 e. The maximum atomic E-state index is 0. The fraction of sp³-hybridized carbons (Fsp3) is 0. The molecule has 0 heterocycles. The van der Waals surface area contributed by atoms with E-state index in [1.54, 1.807) is 0 Å². The first-order valence-corrected chi connectivity index (χ1v) is 0. The molecule has 0 aromatic heterocycles. The van der Waals surface area contributed by atoms with Crippen LogP contribution in [0.1, 0.15) is 5.71 Å². The van der Waals surface area contributed by atoms with Gasteiger partial charge in [-0.3, -0.25) is 0 Å². The number of hydrogen-bond donors (Lipinski definition) is 0. The van der Waals surface area contributed by atoms with E-state index in [1.165, 1.54) is 0 Å². The van der Waals surface area contributed by atoms with Crippen molar-refractivity contribution in [1.82, 2.24) is 0 Å². The van der Waals surface area contributed by atoms with Crippen LogP contribution in [0.3, 0.4) is 0 Å². The summed E-state index contributed by atoms with van der Waals surface area (Å²) in [6.45, 7) is 0. The van der Waals surface area contributed by atoms with E-state index >= 15 is 0 Å². The van der Waals surface area contributed by atoms with Crippen LogP contribution in [0, 0.1) is 0 Å². The molecule has 0 saturated carbocycles. The van der Waals surface area contributed by atoms with Crippen molar-refractivity contribution in [2.24, 2.45) is 0 Å². The van der Waals surface area contributed by atoms with E-state index in [0.29, 0.717) is 0 Å². The van der Waals surface area contributed by atoms with E-state index < -0.39 is 0 Å². The number of rotatable bonds is 0. The summed E-state index contributed by atoms with van der Waals surface area (Å²) in [5.41, 5.74) is 0. The van der Waals surface area contributed by atoms with Crippen molar-refractivity contribution in [2.75, 3.05) is 0 Å². The van der Waals surface area contributed by atoms with Crippen LogP contribution >= 0.6 is 0 Å². The maximum absolute atomic E-state index is 0. The molecule has 0 aromatic carbocycles. The molecule has 0 rings (SSSR count). The number of hydrogen-bond acceptors (Lipinski definition) is 0. The Morgan fingerprint density at radius 1 is 1.20 bits per heavy atom. The second-order valence-corrected chi connectivity index (χ2v) is 0. The molecule has 0 unspecified atom stereocenters. The first kappa shape index (κ1) is 38.5. The third-order valence-corrected chi connectivity index (χ3v) is 0. The maximum Gasteiger partial charge on any atom is 2.00 e. The van der Waals surface area contributed by atoms with Crippen LogP contribution < -0.4 is 0 Å². The predicted molar refractivity (Wildman–Crippen MR) is 16.0 cm³/mol. The molecule has 36 valence electrons. The van der Waals surface area contributed by atoms with Crippen molar-refractivity contribution in [1.29, 1.82) is 0 Å². The summed E-state index contributed by atoms with van der Waals surface area (Å²) in [4.78, 5) is 0. The normalized spacial score (nSPS) is 0. The first-order chi connectivity index (χ1) is 0. The van der Waals surface area contributed by atoms with Gasteiger partial charge in [0.1, 0.15) is 0 Å². The third-order valence-electron chi connectivity index (χ3n) is 0. The van der Waals surface area contributed by atoms with Gasteiger partial charge in [0, 0.05) is 50.9 Å². The summed E-state index contributed by atoms with van der Waals surface area (Å²) in [7, 11) is 0. The minimum absolute atomic E-state index is 0. The van der Waals surface area contributed by atoms with E-state index in [0.717, 1.165) is 0 Å². The Morgan fingerprint density at radius 2 is 1.20 bits per heavy atom. The minimum atomic E-state index is 0. The van der Waals surface area contributed by atoms with Gasteiger partial charge in [0.05, 0.1) is 0 Å². The molecule has 0 saturated heterocycles. The third kappa shape index (κ3) is 18.4. The van der Waals surface area contributed by atoms with Crippen molar-refractivity contribution < 1.29 is 56.6 Å². The molecule has 0 bridgehead atoms. The van der Waals surface area contributed by atoms with E-state index in [9.17, 15) is 0 Å². The van der Waals surface area contributed by atoms with Gasteiger partial charge in [0.25, 0.3) is 0 Å². The van der Waals surface area contributed by atoms with Gasteiger partial charge in [0.2, 0.25) is 0 Å². The van der Waals surface area contributed by atoms with Gasteiger partial charge < -0.3 is 5.71 Å². The molecule has 0 spiro atoms. The van der Waals surface area contributed by atoms with Gasteiger partial charge in [-0.2, -0.15) is 0 Å². The molecule has 0 atom stereocenters. The van der Waals surface area contributed by atoms with Crippen LogP contribution in [0.5, 0.6) is 0 Å². The SMILES string of the molecule is [Ca+2].[Co].[Cu].[Fe].[H-].[H-].[H-].[H-].[Mg+2]. The molecule has 0 aromatic rings. The van der Waals surface area contributed by atoms with Crippen molar-refractivity contribution in [3.05, 3.63) is 0 Å². The molecule has 0 aliphatic heterocycles. The Labute approximate surface area is 115 Å². The Kier molecular flexibility index (Phi) is 198. The molecule has 0 N–H and O–H groups in total. The van der Waals surface area contributed by atoms with Crippen molar-refractivity contribution in [3.8, 4) is 0 Å². The standard InChI is InChI=1S/Ca.Co.Cu.Fe.Mg.4H/q+2;;;;+2;4*-1. The second kappa shape index (κ2) is 25.6. The molecular weight excluding hydrogens is 243 g/mol. The predicted octanol–water partition coefficient (Wildman–Crippen LogP) is -0.319. The smallest absolute Gasteiger partial charge is 1.00 e. The van der Waals surface area contributed by atoms with Crippen LogP contribution in [0.25, 0.3) is 0 Å².